The molecular weight excluding hydrogens is 451 g/mol. The highest BCUT2D eigenvalue weighted by Crippen LogP contribution is 2.58. The number of hydrogen-bond acceptors (Lipinski definition) is 4. The van der Waals surface area contributed by atoms with Crippen LogP contribution in [-0.2, 0) is 13.9 Å². The van der Waals surface area contributed by atoms with E-state index in [1.54, 1.807) is 24.4 Å². The molecule has 2 aromatic carbocycles. The molecule has 1 N–H and O–H groups in total. The summed E-state index contributed by atoms with van der Waals surface area (Å²) in [4.78, 5) is 13.0. The second-order valence-electron chi connectivity index (χ2n) is 6.58. The fraction of sp³-hybridized carbons (Fsp3) is 0.190. The van der Waals surface area contributed by atoms with Gasteiger partial charge < -0.3 is 9.84 Å². The van der Waals surface area contributed by atoms with E-state index in [4.69, 9.17) is 16.1 Å². The molecular formula is C21H19ClF2NO3PS. The van der Waals surface area contributed by atoms with Crippen molar-refractivity contribution in [1.82, 2.24) is 5.32 Å². The molecule has 0 saturated carbocycles. The number of amides is 1. The highest BCUT2D eigenvalue weighted by molar-refractivity contribution is 7.59. The Labute approximate surface area is 182 Å². The number of rotatable bonds is 7. The molecule has 2 atom stereocenters. The molecule has 0 bridgehead atoms. The Kier molecular flexibility index (Phi) is 7.09. The van der Waals surface area contributed by atoms with E-state index in [1.807, 2.05) is 6.07 Å². The van der Waals surface area contributed by atoms with Crippen molar-refractivity contribution in [2.75, 3.05) is 13.3 Å². The molecule has 1 amide bonds. The van der Waals surface area contributed by atoms with E-state index >= 15 is 0 Å². The van der Waals surface area contributed by atoms with Gasteiger partial charge in [-0.15, -0.1) is 11.3 Å². The van der Waals surface area contributed by atoms with Gasteiger partial charge in [-0.2, -0.15) is 0 Å². The van der Waals surface area contributed by atoms with E-state index in [2.05, 4.69) is 5.32 Å². The maximum atomic E-state index is 13.3. The van der Waals surface area contributed by atoms with Gasteiger partial charge in [-0.3, -0.25) is 9.36 Å². The highest BCUT2D eigenvalue weighted by Gasteiger charge is 2.38. The van der Waals surface area contributed by atoms with Crippen LogP contribution >= 0.6 is 30.3 Å². The molecule has 0 aliphatic rings. The summed E-state index contributed by atoms with van der Waals surface area (Å²) in [7, 11) is -3.39. The SMILES string of the molecule is CCOP(C)(=O)C(C(=O)N/C=C/c1ccc(F)c(F)c1)c1csc2ccc(Cl)cc12. The molecule has 158 valence electrons. The molecule has 0 saturated heterocycles. The van der Waals surface area contributed by atoms with Crippen molar-refractivity contribution in [3.8, 4) is 0 Å². The van der Waals surface area contributed by atoms with Gasteiger partial charge in [-0.05, 0) is 65.2 Å². The van der Waals surface area contributed by atoms with Crippen LogP contribution in [0.2, 0.25) is 5.02 Å². The van der Waals surface area contributed by atoms with E-state index in [0.29, 0.717) is 16.1 Å². The third-order valence-electron chi connectivity index (χ3n) is 4.41. The summed E-state index contributed by atoms with van der Waals surface area (Å²) in [6.07, 6.45) is 2.72. The van der Waals surface area contributed by atoms with Crippen LogP contribution in [0, 0.1) is 11.6 Å². The van der Waals surface area contributed by atoms with Crippen molar-refractivity contribution in [3.63, 3.8) is 0 Å². The molecule has 30 heavy (non-hydrogen) atoms. The number of carbonyl (C=O) groups excluding carboxylic acids is 1. The first-order valence-electron chi connectivity index (χ1n) is 9.03. The van der Waals surface area contributed by atoms with Crippen molar-refractivity contribution >= 4 is 52.4 Å². The largest absolute Gasteiger partial charge is 0.332 e. The van der Waals surface area contributed by atoms with Gasteiger partial charge in [0.25, 0.3) is 0 Å². The number of carbonyl (C=O) groups is 1. The highest BCUT2D eigenvalue weighted by atomic mass is 35.5. The summed E-state index contributed by atoms with van der Waals surface area (Å²) >= 11 is 7.53. The number of benzene rings is 2. The third-order valence-corrected chi connectivity index (χ3v) is 7.85. The lowest BCUT2D eigenvalue weighted by atomic mass is 10.1. The molecule has 0 radical (unpaired) electrons. The summed E-state index contributed by atoms with van der Waals surface area (Å²) in [5, 5.41) is 5.60. The van der Waals surface area contributed by atoms with Crippen LogP contribution in [0.1, 0.15) is 23.7 Å². The molecule has 1 aromatic heterocycles. The summed E-state index contributed by atoms with van der Waals surface area (Å²) in [5.41, 5.74) is -0.127. The Hall–Kier alpha value is -2.05. The van der Waals surface area contributed by atoms with Crippen LogP contribution in [0.3, 0.4) is 0 Å². The Bertz CT molecular complexity index is 1160. The number of thiophene rings is 1. The number of hydrogen-bond donors (Lipinski definition) is 1. The number of fused-ring (bicyclic) bond motifs is 1. The molecule has 0 aliphatic carbocycles. The van der Waals surface area contributed by atoms with Gasteiger partial charge in [-0.1, -0.05) is 17.7 Å². The minimum absolute atomic E-state index is 0.186. The average molecular weight is 470 g/mol. The van der Waals surface area contributed by atoms with Crippen LogP contribution in [0.5, 0.6) is 0 Å². The minimum Gasteiger partial charge on any atom is -0.332 e. The zero-order valence-corrected chi connectivity index (χ0v) is 18.7. The maximum Gasteiger partial charge on any atom is 0.241 e. The molecule has 0 fully saturated rings. The lowest BCUT2D eigenvalue weighted by Gasteiger charge is -2.22. The number of halogens is 3. The van der Waals surface area contributed by atoms with E-state index in [1.165, 1.54) is 36.3 Å². The van der Waals surface area contributed by atoms with Gasteiger partial charge in [0.2, 0.25) is 13.3 Å². The van der Waals surface area contributed by atoms with Crippen molar-refractivity contribution in [2.45, 2.75) is 12.6 Å². The molecule has 2 unspecified atom stereocenters. The van der Waals surface area contributed by atoms with Crippen LogP contribution in [0.25, 0.3) is 16.2 Å². The van der Waals surface area contributed by atoms with Crippen LogP contribution in [-0.4, -0.2) is 19.2 Å². The van der Waals surface area contributed by atoms with E-state index in [-0.39, 0.29) is 6.61 Å². The monoisotopic (exact) mass is 469 g/mol. The first kappa shape index (κ1) is 22.6. The fourth-order valence-corrected chi connectivity index (χ4v) is 6.21. The first-order chi connectivity index (χ1) is 14.2. The second-order valence-corrected chi connectivity index (χ2v) is 10.5. The van der Waals surface area contributed by atoms with Crippen LogP contribution in [0.4, 0.5) is 8.78 Å². The van der Waals surface area contributed by atoms with E-state index in [9.17, 15) is 18.1 Å². The van der Waals surface area contributed by atoms with Gasteiger partial charge in [-0.25, -0.2) is 8.78 Å². The normalized spacial score (nSPS) is 14.7. The number of nitrogens with one attached hydrogen (secondary N) is 1. The predicted molar refractivity (Wildman–Crippen MR) is 118 cm³/mol. The Morgan fingerprint density at radius 1 is 1.27 bits per heavy atom. The van der Waals surface area contributed by atoms with Gasteiger partial charge in [0, 0.05) is 22.6 Å². The quantitative estimate of drug-likeness (QED) is 0.396. The van der Waals surface area contributed by atoms with Crippen LogP contribution in [0.15, 0.2) is 48.0 Å². The Morgan fingerprint density at radius 3 is 2.73 bits per heavy atom. The zero-order chi connectivity index (χ0) is 21.9. The average Bonchev–Trinajstić information content (AvgIpc) is 3.07. The molecule has 4 nitrogen and oxygen atoms in total. The van der Waals surface area contributed by atoms with Gasteiger partial charge in [0.15, 0.2) is 11.6 Å². The van der Waals surface area contributed by atoms with E-state index < -0.39 is 30.6 Å². The Balaban J connectivity index is 1.93. The van der Waals surface area contributed by atoms with Gasteiger partial charge in [0.05, 0.1) is 6.61 Å². The third kappa shape index (κ3) is 4.98. The molecule has 9 heteroatoms. The topological polar surface area (TPSA) is 55.4 Å². The molecule has 1 heterocycles. The second kappa shape index (κ2) is 9.40. The van der Waals surface area contributed by atoms with Crippen molar-refractivity contribution in [2.24, 2.45) is 0 Å². The molecule has 0 aliphatic heterocycles. The van der Waals surface area contributed by atoms with Crippen molar-refractivity contribution in [3.05, 3.63) is 75.8 Å². The van der Waals surface area contributed by atoms with Crippen LogP contribution < -0.4 is 5.32 Å². The smallest absolute Gasteiger partial charge is 0.241 e. The summed E-state index contributed by atoms with van der Waals surface area (Å²) in [6.45, 7) is 3.32. The molecule has 3 aromatic rings. The molecule has 0 spiro atoms. The fourth-order valence-electron chi connectivity index (χ4n) is 3.09. The lowest BCUT2D eigenvalue weighted by Crippen LogP contribution is -2.25. The van der Waals surface area contributed by atoms with Crippen molar-refractivity contribution < 1.29 is 22.7 Å². The summed E-state index contributed by atoms with van der Waals surface area (Å²) in [5.74, 6) is -2.48. The maximum absolute atomic E-state index is 13.3. The summed E-state index contributed by atoms with van der Waals surface area (Å²) < 4.78 is 46.0. The van der Waals surface area contributed by atoms with Gasteiger partial charge >= 0.3 is 0 Å². The van der Waals surface area contributed by atoms with Gasteiger partial charge in [0.1, 0.15) is 5.66 Å². The zero-order valence-electron chi connectivity index (χ0n) is 16.2. The first-order valence-corrected chi connectivity index (χ1v) is 12.4. The van der Waals surface area contributed by atoms with Crippen molar-refractivity contribution in [1.29, 1.82) is 0 Å². The predicted octanol–water partition coefficient (Wildman–Crippen LogP) is 6.61. The van der Waals surface area contributed by atoms with E-state index in [0.717, 1.165) is 22.2 Å². The summed E-state index contributed by atoms with van der Waals surface area (Å²) in [6, 6.07) is 8.69. The minimum atomic E-state index is -3.39. The molecule has 3 rings (SSSR count). The Morgan fingerprint density at radius 2 is 2.03 bits per heavy atom. The standard InChI is InChI=1S/C21H19ClF2NO3PS/c1-3-28-29(2,27)20(16-12-30-19-7-5-14(22)11-15(16)19)21(26)25-9-8-13-4-6-17(23)18(24)10-13/h4-12,20H,3H2,1-2H3,(H,25,26)/b9-8+. The lowest BCUT2D eigenvalue weighted by molar-refractivity contribution is -0.120.